The first kappa shape index (κ1) is 15.9. The van der Waals surface area contributed by atoms with Gasteiger partial charge in [0.2, 0.25) is 0 Å². The Balaban J connectivity index is 1.42. The van der Waals surface area contributed by atoms with Crippen molar-refractivity contribution < 1.29 is 19.1 Å². The molecule has 0 radical (unpaired) electrons. The van der Waals surface area contributed by atoms with Crippen LogP contribution in [0.25, 0.3) is 5.65 Å². The number of nitrogens with zero attached hydrogens (tertiary/aromatic N) is 4. The number of ketones is 1. The zero-order valence-electron chi connectivity index (χ0n) is 14.4. The highest BCUT2D eigenvalue weighted by Crippen LogP contribution is 2.32. The molecule has 0 atom stereocenters. The third-order valence-electron chi connectivity index (χ3n) is 5.60. The molecule has 0 saturated carbocycles. The molecule has 2 fully saturated rings. The van der Waals surface area contributed by atoms with Crippen LogP contribution in [0, 0.1) is 0 Å². The number of carbonyl (C=O) groups is 2. The fourth-order valence-corrected chi connectivity index (χ4v) is 4.16. The summed E-state index contributed by atoms with van der Waals surface area (Å²) >= 11 is 0. The normalized spacial score (nSPS) is 22.2. The van der Waals surface area contributed by atoms with Crippen molar-refractivity contribution in [1.82, 2.24) is 19.5 Å². The number of aromatic nitrogens is 3. The van der Waals surface area contributed by atoms with Gasteiger partial charge >= 0.3 is 0 Å². The van der Waals surface area contributed by atoms with Crippen LogP contribution in [0.4, 0.5) is 0 Å². The first-order chi connectivity index (χ1) is 12.7. The van der Waals surface area contributed by atoms with Gasteiger partial charge in [-0.25, -0.2) is 9.50 Å². The molecule has 0 bridgehead atoms. The van der Waals surface area contributed by atoms with Gasteiger partial charge in [-0.15, -0.1) is 0 Å². The van der Waals surface area contributed by atoms with Gasteiger partial charge in [0.05, 0.1) is 30.7 Å². The second-order valence-electron chi connectivity index (χ2n) is 7.09. The number of hydrogen-bond acceptors (Lipinski definition) is 6. The summed E-state index contributed by atoms with van der Waals surface area (Å²) in [6.07, 6.45) is 6.64. The molecule has 8 nitrogen and oxygen atoms in total. The molecule has 4 heterocycles. The van der Waals surface area contributed by atoms with Crippen LogP contribution in [0.15, 0.2) is 12.4 Å². The average molecular weight is 356 g/mol. The second kappa shape index (κ2) is 5.85. The Labute approximate surface area is 150 Å². The summed E-state index contributed by atoms with van der Waals surface area (Å²) < 4.78 is 13.1. The van der Waals surface area contributed by atoms with Crippen LogP contribution in [0.3, 0.4) is 0 Å². The summed E-state index contributed by atoms with van der Waals surface area (Å²) in [6, 6.07) is 0. The van der Waals surface area contributed by atoms with Crippen molar-refractivity contribution in [3.8, 4) is 0 Å². The van der Waals surface area contributed by atoms with E-state index in [4.69, 9.17) is 9.47 Å². The van der Waals surface area contributed by atoms with E-state index < -0.39 is 5.79 Å². The van der Waals surface area contributed by atoms with E-state index in [1.807, 2.05) is 0 Å². The molecule has 2 saturated heterocycles. The van der Waals surface area contributed by atoms with E-state index in [0.29, 0.717) is 62.3 Å². The summed E-state index contributed by atoms with van der Waals surface area (Å²) in [4.78, 5) is 31.2. The van der Waals surface area contributed by atoms with Crippen molar-refractivity contribution in [2.45, 2.75) is 37.9 Å². The lowest BCUT2D eigenvalue weighted by atomic mass is 9.96. The number of aryl methyl sites for hydroxylation is 1. The fraction of sp³-hybridized carbons (Fsp3) is 0.556. The van der Waals surface area contributed by atoms with Crippen LogP contribution in [0.1, 0.15) is 52.1 Å². The van der Waals surface area contributed by atoms with Gasteiger partial charge in [-0.2, -0.15) is 5.10 Å². The number of Topliss-reactive ketones (excluding diaryl/α,β-unsaturated/α-hetero) is 1. The molecule has 2 aliphatic heterocycles. The number of hydrogen-bond donors (Lipinski definition) is 0. The zero-order chi connectivity index (χ0) is 17.7. The number of carbonyl (C=O) groups excluding carboxylic acids is 2. The summed E-state index contributed by atoms with van der Waals surface area (Å²) in [7, 11) is 0. The van der Waals surface area contributed by atoms with Crippen molar-refractivity contribution in [1.29, 1.82) is 0 Å². The fourth-order valence-electron chi connectivity index (χ4n) is 4.16. The molecule has 5 rings (SSSR count). The summed E-state index contributed by atoms with van der Waals surface area (Å²) in [5.74, 6) is -0.486. The topological polar surface area (TPSA) is 86.0 Å². The number of rotatable bonds is 1. The molecule has 1 spiro atoms. The molecule has 0 unspecified atom stereocenters. The van der Waals surface area contributed by atoms with E-state index in [9.17, 15) is 9.59 Å². The molecular formula is C18H20N4O4. The lowest BCUT2D eigenvalue weighted by Gasteiger charge is -2.37. The summed E-state index contributed by atoms with van der Waals surface area (Å²) in [6.45, 7) is 2.41. The molecule has 0 aromatic carbocycles. The first-order valence-electron chi connectivity index (χ1n) is 9.13. The van der Waals surface area contributed by atoms with Crippen LogP contribution in [0.2, 0.25) is 0 Å². The number of fused-ring (bicyclic) bond motifs is 3. The van der Waals surface area contributed by atoms with Crippen molar-refractivity contribution in [3.63, 3.8) is 0 Å². The quantitative estimate of drug-likeness (QED) is 0.764. The summed E-state index contributed by atoms with van der Waals surface area (Å²) in [5.41, 5.74) is 2.49. The molecule has 8 heteroatoms. The minimum absolute atomic E-state index is 0.0811. The van der Waals surface area contributed by atoms with Gasteiger partial charge in [0, 0.05) is 38.5 Å². The van der Waals surface area contributed by atoms with Crippen molar-refractivity contribution in [3.05, 3.63) is 29.2 Å². The molecule has 3 aliphatic rings. The largest absolute Gasteiger partial charge is 0.347 e. The maximum atomic E-state index is 13.0. The molecule has 1 aliphatic carbocycles. The standard InChI is InChI=1S/C18H20N4O4/c23-15-3-1-2-14-12(15)10-19-16-13(11-20-22(14)16)17(24)21-6-4-18(5-7-21)25-8-9-26-18/h10-11H,1-9H2. The third-order valence-corrected chi connectivity index (χ3v) is 5.60. The third kappa shape index (κ3) is 2.36. The number of amides is 1. The molecular weight excluding hydrogens is 336 g/mol. The Morgan fingerprint density at radius 1 is 1.12 bits per heavy atom. The van der Waals surface area contributed by atoms with E-state index >= 15 is 0 Å². The maximum Gasteiger partial charge on any atom is 0.259 e. The first-order valence-corrected chi connectivity index (χ1v) is 9.13. The highest BCUT2D eigenvalue weighted by Gasteiger charge is 2.41. The molecule has 2 aromatic heterocycles. The van der Waals surface area contributed by atoms with Crippen molar-refractivity contribution >= 4 is 17.3 Å². The van der Waals surface area contributed by atoms with Crippen LogP contribution >= 0.6 is 0 Å². The molecule has 2 aromatic rings. The van der Waals surface area contributed by atoms with Crippen molar-refractivity contribution in [2.24, 2.45) is 0 Å². The lowest BCUT2D eigenvalue weighted by Crippen LogP contribution is -2.47. The van der Waals surface area contributed by atoms with Gasteiger partial charge in [-0.1, -0.05) is 0 Å². The molecule has 0 N–H and O–H groups in total. The monoisotopic (exact) mass is 356 g/mol. The Morgan fingerprint density at radius 3 is 2.65 bits per heavy atom. The van der Waals surface area contributed by atoms with Gasteiger partial charge in [0.25, 0.3) is 5.91 Å². The summed E-state index contributed by atoms with van der Waals surface area (Å²) in [5, 5.41) is 4.36. The molecule has 1 amide bonds. The predicted octanol–water partition coefficient (Wildman–Crippen LogP) is 1.23. The average Bonchev–Trinajstić information content (AvgIpc) is 3.29. The van der Waals surface area contributed by atoms with Gasteiger partial charge < -0.3 is 14.4 Å². The lowest BCUT2D eigenvalue weighted by molar-refractivity contribution is -0.181. The SMILES string of the molecule is O=C1CCCc2c1cnc1c(C(=O)N3CCC4(CC3)OCCO4)cnn21. The van der Waals surface area contributed by atoms with E-state index in [1.54, 1.807) is 21.8 Å². The van der Waals surface area contributed by atoms with Crippen LogP contribution in [-0.2, 0) is 15.9 Å². The number of piperidine rings is 1. The highest BCUT2D eigenvalue weighted by atomic mass is 16.7. The second-order valence-corrected chi connectivity index (χ2v) is 7.09. The van der Waals surface area contributed by atoms with Gasteiger partial charge in [-0.3, -0.25) is 9.59 Å². The van der Waals surface area contributed by atoms with Gasteiger partial charge in [0.15, 0.2) is 17.2 Å². The van der Waals surface area contributed by atoms with Crippen molar-refractivity contribution in [2.75, 3.05) is 26.3 Å². The van der Waals surface area contributed by atoms with E-state index in [-0.39, 0.29) is 11.7 Å². The minimum Gasteiger partial charge on any atom is -0.347 e. The van der Waals surface area contributed by atoms with Crippen LogP contribution in [-0.4, -0.2) is 63.3 Å². The smallest absolute Gasteiger partial charge is 0.259 e. The van der Waals surface area contributed by atoms with E-state index in [1.165, 1.54) is 0 Å². The van der Waals surface area contributed by atoms with Crippen LogP contribution < -0.4 is 0 Å². The Bertz CT molecular complexity index is 890. The van der Waals surface area contributed by atoms with E-state index in [0.717, 1.165) is 18.5 Å². The number of likely N-dealkylation sites (tertiary alicyclic amines) is 1. The maximum absolute atomic E-state index is 13.0. The van der Waals surface area contributed by atoms with E-state index in [2.05, 4.69) is 10.1 Å². The van der Waals surface area contributed by atoms with Gasteiger partial charge in [-0.05, 0) is 12.8 Å². The Hall–Kier alpha value is -2.32. The number of ether oxygens (including phenoxy) is 2. The molecule has 26 heavy (non-hydrogen) atoms. The molecule has 136 valence electrons. The zero-order valence-corrected chi connectivity index (χ0v) is 14.4. The minimum atomic E-state index is -0.504. The Kier molecular flexibility index (Phi) is 3.58. The Morgan fingerprint density at radius 2 is 1.88 bits per heavy atom. The van der Waals surface area contributed by atoms with Crippen LogP contribution in [0.5, 0.6) is 0 Å². The predicted molar refractivity (Wildman–Crippen MR) is 90.0 cm³/mol. The highest BCUT2D eigenvalue weighted by molar-refractivity contribution is 6.01. The van der Waals surface area contributed by atoms with Gasteiger partial charge in [0.1, 0.15) is 5.56 Å².